The molecule has 1 aliphatic rings. The summed E-state index contributed by atoms with van der Waals surface area (Å²) in [5.41, 5.74) is 9.84. The summed E-state index contributed by atoms with van der Waals surface area (Å²) in [6.45, 7) is -0.790. The molecule has 8 N–H and O–H groups in total. The van der Waals surface area contributed by atoms with Crippen molar-refractivity contribution >= 4 is 11.8 Å². The molecule has 0 aromatic carbocycles. The fraction of sp³-hybridized carbons (Fsp3) is 0.778. The maximum Gasteiger partial charge on any atom is 0.249 e. The van der Waals surface area contributed by atoms with Crippen molar-refractivity contribution in [2.45, 2.75) is 36.8 Å². The second-order valence-corrected chi connectivity index (χ2v) is 4.01. The molecule has 1 heterocycles. The summed E-state index contributed by atoms with van der Waals surface area (Å²) < 4.78 is 9.69. The van der Waals surface area contributed by atoms with Crippen LogP contribution in [0.25, 0.3) is 0 Å². The van der Waals surface area contributed by atoms with E-state index in [9.17, 15) is 24.9 Å². The van der Waals surface area contributed by atoms with Gasteiger partial charge in [-0.25, -0.2) is 0 Å². The smallest absolute Gasteiger partial charge is 0.249 e. The van der Waals surface area contributed by atoms with E-state index in [0.717, 1.165) is 0 Å². The van der Waals surface area contributed by atoms with Crippen LogP contribution in [0.15, 0.2) is 0 Å². The van der Waals surface area contributed by atoms with Gasteiger partial charge in [-0.1, -0.05) is 0 Å². The van der Waals surface area contributed by atoms with Crippen molar-refractivity contribution in [1.29, 1.82) is 0 Å². The van der Waals surface area contributed by atoms with Crippen molar-refractivity contribution in [3.05, 3.63) is 0 Å². The van der Waals surface area contributed by atoms with Gasteiger partial charge in [0.1, 0.15) is 18.3 Å². The van der Waals surface area contributed by atoms with E-state index in [-0.39, 0.29) is 0 Å². The molecule has 1 saturated heterocycles. The number of amides is 2. The molecule has 4 unspecified atom stereocenters. The first-order chi connectivity index (χ1) is 8.79. The first-order valence-electron chi connectivity index (χ1n) is 5.34. The maximum atomic E-state index is 11.0. The standard InChI is InChI=1S/C9H16N2O8/c10-7(16)2(1-12)18-9-5(15)3(13)4(14)6(19-9)8(11)17/h2-6,9,12-15H,1H2,(H2,10,16)(H2,11,17)/t2?,3?,4-,5?,6?,9+/m0/s1. The minimum absolute atomic E-state index is 0.790. The Morgan fingerprint density at radius 1 is 1.16 bits per heavy atom. The molecule has 0 aromatic rings. The van der Waals surface area contributed by atoms with E-state index in [4.69, 9.17) is 26.0 Å². The van der Waals surface area contributed by atoms with E-state index in [0.29, 0.717) is 0 Å². The minimum Gasteiger partial charge on any atom is -0.393 e. The Balaban J connectivity index is 2.82. The van der Waals surface area contributed by atoms with Crippen molar-refractivity contribution in [2.24, 2.45) is 11.5 Å². The number of hydrogen-bond donors (Lipinski definition) is 6. The Morgan fingerprint density at radius 3 is 2.16 bits per heavy atom. The number of aliphatic hydroxyl groups excluding tert-OH is 4. The van der Waals surface area contributed by atoms with Gasteiger partial charge in [-0.15, -0.1) is 0 Å². The molecule has 0 aliphatic carbocycles. The molecular weight excluding hydrogens is 264 g/mol. The molecule has 1 rings (SSSR count). The summed E-state index contributed by atoms with van der Waals surface area (Å²) in [4.78, 5) is 21.9. The summed E-state index contributed by atoms with van der Waals surface area (Å²) in [6.07, 6.45) is -10.1. The zero-order chi connectivity index (χ0) is 14.7. The molecular formula is C9H16N2O8. The van der Waals surface area contributed by atoms with E-state index in [1.54, 1.807) is 0 Å². The number of primary amides is 2. The van der Waals surface area contributed by atoms with E-state index in [1.165, 1.54) is 0 Å². The number of carbonyl (C=O) groups is 2. The number of aliphatic hydroxyl groups is 4. The molecule has 1 fully saturated rings. The van der Waals surface area contributed by atoms with Gasteiger partial charge in [0.25, 0.3) is 0 Å². The highest BCUT2D eigenvalue weighted by Gasteiger charge is 2.47. The second-order valence-electron chi connectivity index (χ2n) is 4.01. The third-order valence-corrected chi connectivity index (χ3v) is 2.63. The van der Waals surface area contributed by atoms with Crippen LogP contribution in [0.5, 0.6) is 0 Å². The van der Waals surface area contributed by atoms with Crippen LogP contribution in [0.2, 0.25) is 0 Å². The van der Waals surface area contributed by atoms with Crippen LogP contribution in [0.1, 0.15) is 0 Å². The summed E-state index contributed by atoms with van der Waals surface area (Å²) >= 11 is 0. The van der Waals surface area contributed by atoms with Gasteiger partial charge in [-0.2, -0.15) is 0 Å². The van der Waals surface area contributed by atoms with E-state index >= 15 is 0 Å². The van der Waals surface area contributed by atoms with E-state index < -0.39 is 55.2 Å². The molecule has 2 amide bonds. The molecule has 6 atom stereocenters. The number of ether oxygens (including phenoxy) is 2. The highest BCUT2D eigenvalue weighted by Crippen LogP contribution is 2.22. The average Bonchev–Trinajstić information content (AvgIpc) is 2.34. The monoisotopic (exact) mass is 280 g/mol. The lowest BCUT2D eigenvalue weighted by molar-refractivity contribution is -0.299. The van der Waals surface area contributed by atoms with Crippen LogP contribution in [0.4, 0.5) is 0 Å². The Kier molecular flexibility index (Phi) is 5.17. The van der Waals surface area contributed by atoms with Crippen molar-refractivity contribution in [3.63, 3.8) is 0 Å². The summed E-state index contributed by atoms with van der Waals surface area (Å²) in [7, 11) is 0. The fourth-order valence-electron chi connectivity index (χ4n) is 1.56. The molecule has 1 aliphatic heterocycles. The summed E-state index contributed by atoms with van der Waals surface area (Å²) in [5, 5.41) is 37.4. The number of carbonyl (C=O) groups excluding carboxylic acids is 2. The van der Waals surface area contributed by atoms with E-state index in [2.05, 4.69) is 0 Å². The van der Waals surface area contributed by atoms with Gasteiger partial charge in [0.2, 0.25) is 11.8 Å². The normalized spacial score (nSPS) is 36.7. The fourth-order valence-corrected chi connectivity index (χ4v) is 1.56. The van der Waals surface area contributed by atoms with Gasteiger partial charge in [-0.3, -0.25) is 9.59 Å². The molecule has 10 nitrogen and oxygen atoms in total. The SMILES string of the molecule is NC(=O)C(CO)O[C@@H]1OC(C(N)=O)[C@@H](O)C(O)C1O. The number of hydrogen-bond acceptors (Lipinski definition) is 8. The summed E-state index contributed by atoms with van der Waals surface area (Å²) in [5.74, 6) is -2.12. The van der Waals surface area contributed by atoms with Gasteiger partial charge < -0.3 is 41.4 Å². The lowest BCUT2D eigenvalue weighted by Crippen LogP contribution is -2.62. The van der Waals surface area contributed by atoms with Gasteiger partial charge >= 0.3 is 0 Å². The molecule has 0 radical (unpaired) electrons. The topological polar surface area (TPSA) is 186 Å². The third-order valence-electron chi connectivity index (χ3n) is 2.63. The number of rotatable bonds is 5. The van der Waals surface area contributed by atoms with Crippen molar-refractivity contribution < 1.29 is 39.5 Å². The predicted molar refractivity (Wildman–Crippen MR) is 57.0 cm³/mol. The molecule has 0 saturated carbocycles. The predicted octanol–water partition coefficient (Wildman–Crippen LogP) is -4.86. The highest BCUT2D eigenvalue weighted by atomic mass is 16.7. The third kappa shape index (κ3) is 3.37. The second kappa shape index (κ2) is 6.23. The highest BCUT2D eigenvalue weighted by molar-refractivity contribution is 5.80. The molecule has 110 valence electrons. The van der Waals surface area contributed by atoms with Crippen LogP contribution in [-0.2, 0) is 19.1 Å². The van der Waals surface area contributed by atoms with Crippen LogP contribution < -0.4 is 11.5 Å². The van der Waals surface area contributed by atoms with Crippen LogP contribution in [-0.4, -0.2) is 75.7 Å². The molecule has 0 aromatic heterocycles. The Morgan fingerprint density at radius 2 is 1.74 bits per heavy atom. The van der Waals surface area contributed by atoms with Gasteiger partial charge in [-0.05, 0) is 0 Å². The quantitative estimate of drug-likeness (QED) is 0.289. The van der Waals surface area contributed by atoms with E-state index in [1.807, 2.05) is 0 Å². The maximum absolute atomic E-state index is 11.0. The van der Waals surface area contributed by atoms with Gasteiger partial charge in [0.15, 0.2) is 18.5 Å². The average molecular weight is 280 g/mol. The Labute approximate surface area is 107 Å². The molecule has 19 heavy (non-hydrogen) atoms. The van der Waals surface area contributed by atoms with Crippen LogP contribution in [0.3, 0.4) is 0 Å². The van der Waals surface area contributed by atoms with Crippen molar-refractivity contribution in [3.8, 4) is 0 Å². The van der Waals surface area contributed by atoms with Crippen LogP contribution in [0, 0.1) is 0 Å². The Hall–Kier alpha value is -1.30. The molecule has 10 heteroatoms. The first kappa shape index (κ1) is 15.8. The lowest BCUT2D eigenvalue weighted by Gasteiger charge is -2.39. The van der Waals surface area contributed by atoms with Gasteiger partial charge in [0.05, 0.1) is 6.61 Å². The largest absolute Gasteiger partial charge is 0.393 e. The Bertz CT molecular complexity index is 349. The van der Waals surface area contributed by atoms with Crippen molar-refractivity contribution in [1.82, 2.24) is 0 Å². The van der Waals surface area contributed by atoms with Gasteiger partial charge in [0, 0.05) is 0 Å². The lowest BCUT2D eigenvalue weighted by atomic mass is 9.98. The number of nitrogens with two attached hydrogens (primary N) is 2. The zero-order valence-corrected chi connectivity index (χ0v) is 9.75. The summed E-state index contributed by atoms with van der Waals surface area (Å²) in [6, 6.07) is 0. The van der Waals surface area contributed by atoms with Crippen molar-refractivity contribution in [2.75, 3.05) is 6.61 Å². The zero-order valence-electron chi connectivity index (χ0n) is 9.75. The molecule has 0 bridgehead atoms. The molecule has 0 spiro atoms. The first-order valence-corrected chi connectivity index (χ1v) is 5.34. The van der Waals surface area contributed by atoms with Crippen LogP contribution >= 0.6 is 0 Å². The minimum atomic E-state index is -1.77.